The van der Waals surface area contributed by atoms with Crippen LogP contribution >= 0.6 is 0 Å². The number of amides is 3. The van der Waals surface area contributed by atoms with E-state index in [0.717, 1.165) is 31.2 Å². The molecule has 3 aromatic rings. The summed E-state index contributed by atoms with van der Waals surface area (Å²) < 4.78 is 0. The lowest BCUT2D eigenvalue weighted by atomic mass is 9.98. The molecular weight excluding hydrogens is 510 g/mol. The minimum absolute atomic E-state index is 0.110. The van der Waals surface area contributed by atoms with Crippen molar-refractivity contribution < 1.29 is 14.4 Å². The van der Waals surface area contributed by atoms with Gasteiger partial charge in [0.2, 0.25) is 0 Å². The summed E-state index contributed by atoms with van der Waals surface area (Å²) in [7, 11) is 0. The quantitative estimate of drug-likeness (QED) is 0.298. The molecule has 6 nitrogen and oxygen atoms in total. The molecule has 6 heteroatoms. The first kappa shape index (κ1) is 30.0. The van der Waals surface area contributed by atoms with E-state index in [-0.39, 0.29) is 37.7 Å². The van der Waals surface area contributed by atoms with E-state index < -0.39 is 0 Å². The molecule has 3 aromatic carbocycles. The van der Waals surface area contributed by atoms with Crippen molar-refractivity contribution in [2.75, 3.05) is 20.0 Å². The molecule has 1 saturated heterocycles. The monoisotopic (exact) mass is 553 g/mol. The second-order valence-electron chi connectivity index (χ2n) is 11.7. The maximum atomic E-state index is 13.7. The van der Waals surface area contributed by atoms with Crippen molar-refractivity contribution >= 4 is 17.7 Å². The van der Waals surface area contributed by atoms with Crippen molar-refractivity contribution in [3.63, 3.8) is 0 Å². The molecule has 4 rings (SSSR count). The molecule has 0 bridgehead atoms. The van der Waals surface area contributed by atoms with Crippen molar-refractivity contribution in [3.8, 4) is 0 Å². The van der Waals surface area contributed by atoms with Crippen LogP contribution in [-0.2, 0) is 19.3 Å². The van der Waals surface area contributed by atoms with E-state index in [1.807, 2.05) is 72.8 Å². The minimum Gasteiger partial charge on any atom is -0.303 e. The van der Waals surface area contributed by atoms with E-state index >= 15 is 0 Å². The number of hydrogen-bond acceptors (Lipinski definition) is 3. The third-order valence-electron chi connectivity index (χ3n) is 7.82. The first-order chi connectivity index (χ1) is 19.7. The summed E-state index contributed by atoms with van der Waals surface area (Å²) in [5, 5.41) is 0. The topological polar surface area (TPSA) is 60.9 Å². The zero-order chi connectivity index (χ0) is 29.5. The first-order valence-electron chi connectivity index (χ1n) is 14.8. The van der Waals surface area contributed by atoms with Gasteiger partial charge < -0.3 is 14.7 Å². The molecule has 1 aliphatic rings. The predicted octanol–water partition coefficient (Wildman–Crippen LogP) is 6.65. The van der Waals surface area contributed by atoms with Gasteiger partial charge in [-0.2, -0.15) is 0 Å². The maximum absolute atomic E-state index is 13.7. The van der Waals surface area contributed by atoms with Gasteiger partial charge in [0.25, 0.3) is 17.7 Å². The standard InChI is InChI=1S/C35H43N3O3/c1-6-26(5)21-29-12-18-32(19-13-29)35(41)38-23-36(33(39)30-14-8-27(7-2)9-15-30)22-37(24-38)34(40)31-16-10-28(11-17-31)20-25(3)4/h8-19,25-26H,6-7,20-24H2,1-5H3. The molecule has 1 heterocycles. The zero-order valence-electron chi connectivity index (χ0n) is 25.1. The summed E-state index contributed by atoms with van der Waals surface area (Å²) in [6, 6.07) is 22.9. The van der Waals surface area contributed by atoms with Gasteiger partial charge in [0.1, 0.15) is 0 Å². The van der Waals surface area contributed by atoms with E-state index in [0.29, 0.717) is 28.5 Å². The lowest BCUT2D eigenvalue weighted by Gasteiger charge is -2.42. The van der Waals surface area contributed by atoms with Gasteiger partial charge in [-0.1, -0.05) is 77.4 Å². The number of aryl methyl sites for hydroxylation is 1. The highest BCUT2D eigenvalue weighted by atomic mass is 16.2. The average Bonchev–Trinajstić information content (AvgIpc) is 3.00. The second kappa shape index (κ2) is 13.6. The molecule has 1 fully saturated rings. The van der Waals surface area contributed by atoms with Gasteiger partial charge in [0.05, 0.1) is 20.0 Å². The smallest absolute Gasteiger partial charge is 0.256 e. The third-order valence-corrected chi connectivity index (χ3v) is 7.82. The van der Waals surface area contributed by atoms with Gasteiger partial charge in [0.15, 0.2) is 0 Å². The number of rotatable bonds is 9. The van der Waals surface area contributed by atoms with E-state index in [1.54, 1.807) is 14.7 Å². The fourth-order valence-electron chi connectivity index (χ4n) is 5.15. The van der Waals surface area contributed by atoms with Crippen LogP contribution in [-0.4, -0.2) is 52.4 Å². The fourth-order valence-corrected chi connectivity index (χ4v) is 5.15. The Morgan fingerprint density at radius 2 is 0.902 bits per heavy atom. The molecule has 216 valence electrons. The highest BCUT2D eigenvalue weighted by Crippen LogP contribution is 2.20. The molecule has 1 aliphatic heterocycles. The Balaban J connectivity index is 1.58. The van der Waals surface area contributed by atoms with E-state index in [2.05, 4.69) is 34.6 Å². The van der Waals surface area contributed by atoms with Crippen LogP contribution in [0, 0.1) is 11.8 Å². The van der Waals surface area contributed by atoms with Gasteiger partial charge in [-0.25, -0.2) is 0 Å². The summed E-state index contributed by atoms with van der Waals surface area (Å²) in [4.78, 5) is 45.6. The third kappa shape index (κ3) is 7.63. The Bertz CT molecular complexity index is 1330. The Morgan fingerprint density at radius 3 is 1.22 bits per heavy atom. The molecule has 0 spiro atoms. The second-order valence-corrected chi connectivity index (χ2v) is 11.7. The Morgan fingerprint density at radius 1 is 0.561 bits per heavy atom. The van der Waals surface area contributed by atoms with Gasteiger partial charge in [-0.3, -0.25) is 14.4 Å². The summed E-state index contributed by atoms with van der Waals surface area (Å²) >= 11 is 0. The van der Waals surface area contributed by atoms with Gasteiger partial charge >= 0.3 is 0 Å². The van der Waals surface area contributed by atoms with Crippen molar-refractivity contribution in [2.24, 2.45) is 11.8 Å². The summed E-state index contributed by atoms with van der Waals surface area (Å²) in [6.07, 6.45) is 3.89. The molecule has 3 amide bonds. The minimum atomic E-state index is -0.209. The zero-order valence-corrected chi connectivity index (χ0v) is 25.1. The molecule has 0 aliphatic carbocycles. The SMILES string of the molecule is CCc1ccc(C(=O)N2CN(C(=O)c3ccc(CC(C)C)cc3)CN(C(=O)c3ccc(CC(C)CC)cc3)C2)cc1. The first-order valence-corrected chi connectivity index (χ1v) is 14.8. The molecule has 0 aromatic heterocycles. The van der Waals surface area contributed by atoms with Gasteiger partial charge in [0, 0.05) is 16.7 Å². The van der Waals surface area contributed by atoms with Crippen molar-refractivity contribution in [3.05, 3.63) is 106 Å². The Kier molecular flexibility index (Phi) is 9.98. The Hall–Kier alpha value is -3.93. The van der Waals surface area contributed by atoms with Crippen molar-refractivity contribution in [1.82, 2.24) is 14.7 Å². The van der Waals surface area contributed by atoms with Crippen LogP contribution in [0.4, 0.5) is 0 Å². The molecule has 0 N–H and O–H groups in total. The summed E-state index contributed by atoms with van der Waals surface area (Å²) in [5.41, 5.74) is 5.14. The number of benzene rings is 3. The number of carbonyl (C=O) groups is 3. The molecular formula is C35H43N3O3. The molecule has 1 atom stereocenters. The lowest BCUT2D eigenvalue weighted by Crippen LogP contribution is -2.59. The van der Waals surface area contributed by atoms with E-state index in [9.17, 15) is 14.4 Å². The maximum Gasteiger partial charge on any atom is 0.256 e. The predicted molar refractivity (Wildman–Crippen MR) is 164 cm³/mol. The van der Waals surface area contributed by atoms with Crippen molar-refractivity contribution in [1.29, 1.82) is 0 Å². The summed E-state index contributed by atoms with van der Waals surface area (Å²) in [5.74, 6) is 0.474. The van der Waals surface area contributed by atoms with E-state index in [4.69, 9.17) is 0 Å². The molecule has 1 unspecified atom stereocenters. The molecule has 41 heavy (non-hydrogen) atoms. The normalized spacial score (nSPS) is 14.3. The van der Waals surface area contributed by atoms with Crippen LogP contribution < -0.4 is 0 Å². The van der Waals surface area contributed by atoms with Crippen LogP contribution in [0.1, 0.15) is 88.8 Å². The largest absolute Gasteiger partial charge is 0.303 e. The van der Waals surface area contributed by atoms with Gasteiger partial charge in [-0.05, 0) is 84.2 Å². The highest BCUT2D eigenvalue weighted by molar-refractivity contribution is 5.98. The van der Waals surface area contributed by atoms with Crippen LogP contribution in [0.15, 0.2) is 72.8 Å². The molecule has 0 saturated carbocycles. The van der Waals surface area contributed by atoms with Crippen LogP contribution in [0.25, 0.3) is 0 Å². The number of nitrogens with zero attached hydrogens (tertiary/aromatic N) is 3. The summed E-state index contributed by atoms with van der Waals surface area (Å²) in [6.45, 7) is 11.1. The average molecular weight is 554 g/mol. The van der Waals surface area contributed by atoms with Crippen LogP contribution in [0.2, 0.25) is 0 Å². The van der Waals surface area contributed by atoms with Crippen LogP contribution in [0.5, 0.6) is 0 Å². The Labute approximate surface area is 245 Å². The van der Waals surface area contributed by atoms with Crippen molar-refractivity contribution in [2.45, 2.75) is 60.3 Å². The highest BCUT2D eigenvalue weighted by Gasteiger charge is 2.33. The van der Waals surface area contributed by atoms with Crippen LogP contribution in [0.3, 0.4) is 0 Å². The fraction of sp³-hybridized carbons (Fsp3) is 0.400. The van der Waals surface area contributed by atoms with Gasteiger partial charge in [-0.15, -0.1) is 0 Å². The molecule has 0 radical (unpaired) electrons. The van der Waals surface area contributed by atoms with E-state index in [1.165, 1.54) is 11.1 Å². The lowest BCUT2D eigenvalue weighted by molar-refractivity contribution is -0.00612. The number of hydrogen-bond donors (Lipinski definition) is 0. The number of carbonyl (C=O) groups excluding carboxylic acids is 3.